The maximum atomic E-state index is 12.3. The highest BCUT2D eigenvalue weighted by Gasteiger charge is 2.16. The van der Waals surface area contributed by atoms with Crippen molar-refractivity contribution < 1.29 is 9.32 Å². The fraction of sp³-hybridized carbons (Fsp3) is 0.438. The number of halogens is 1. The average molecular weight is 337 g/mol. The standard InChI is InChI=1S/C16H21ClN4O2/c1-5-11-8-12(17)6-7-13(11)18-16(22)21(4)9-14-19-15(10(2)3)23-20-14/h6-8,10H,5,9H2,1-4H3,(H,18,22). The van der Waals surface area contributed by atoms with Crippen LogP contribution in [-0.2, 0) is 13.0 Å². The number of nitrogens with one attached hydrogen (secondary N) is 1. The normalized spacial score (nSPS) is 10.9. The third-order valence-electron chi connectivity index (χ3n) is 3.39. The van der Waals surface area contributed by atoms with Crippen LogP contribution >= 0.6 is 11.6 Å². The molecule has 0 aliphatic rings. The van der Waals surface area contributed by atoms with Crippen molar-refractivity contribution in [2.24, 2.45) is 0 Å². The number of carbonyl (C=O) groups is 1. The molecule has 0 unspecified atom stereocenters. The Bertz CT molecular complexity index is 684. The van der Waals surface area contributed by atoms with Crippen molar-refractivity contribution in [3.63, 3.8) is 0 Å². The molecule has 0 aliphatic heterocycles. The first-order chi connectivity index (χ1) is 10.9. The summed E-state index contributed by atoms with van der Waals surface area (Å²) in [6.45, 7) is 6.23. The summed E-state index contributed by atoms with van der Waals surface area (Å²) >= 11 is 5.98. The lowest BCUT2D eigenvalue weighted by atomic mass is 10.1. The van der Waals surface area contributed by atoms with E-state index in [0.29, 0.717) is 16.7 Å². The third kappa shape index (κ3) is 4.45. The van der Waals surface area contributed by atoms with Crippen LogP contribution < -0.4 is 5.32 Å². The summed E-state index contributed by atoms with van der Waals surface area (Å²) in [5, 5.41) is 7.42. The SMILES string of the molecule is CCc1cc(Cl)ccc1NC(=O)N(C)Cc1noc(C(C)C)n1. The molecule has 0 bridgehead atoms. The molecular weight excluding hydrogens is 316 g/mol. The number of aryl methyl sites for hydroxylation is 1. The molecule has 23 heavy (non-hydrogen) atoms. The van der Waals surface area contributed by atoms with E-state index < -0.39 is 0 Å². The van der Waals surface area contributed by atoms with Gasteiger partial charge in [0.05, 0.1) is 6.54 Å². The van der Waals surface area contributed by atoms with Crippen LogP contribution in [0.1, 0.15) is 44.0 Å². The Kier molecular flexibility index (Phi) is 5.60. The minimum atomic E-state index is -0.238. The minimum absolute atomic E-state index is 0.163. The second-order valence-electron chi connectivity index (χ2n) is 5.64. The zero-order valence-electron chi connectivity index (χ0n) is 13.8. The third-order valence-corrected chi connectivity index (χ3v) is 3.63. The van der Waals surface area contributed by atoms with Gasteiger partial charge in [-0.15, -0.1) is 0 Å². The van der Waals surface area contributed by atoms with Crippen LogP contribution in [0.3, 0.4) is 0 Å². The van der Waals surface area contributed by atoms with Crippen LogP contribution in [-0.4, -0.2) is 28.1 Å². The number of urea groups is 1. The first-order valence-electron chi connectivity index (χ1n) is 7.53. The van der Waals surface area contributed by atoms with E-state index >= 15 is 0 Å². The number of nitrogens with zero attached hydrogens (tertiary/aromatic N) is 3. The number of hydrogen-bond acceptors (Lipinski definition) is 4. The van der Waals surface area contributed by atoms with E-state index in [0.717, 1.165) is 17.7 Å². The van der Waals surface area contributed by atoms with Gasteiger partial charge in [0.25, 0.3) is 0 Å². The highest BCUT2D eigenvalue weighted by Crippen LogP contribution is 2.21. The van der Waals surface area contributed by atoms with Gasteiger partial charge in [-0.3, -0.25) is 0 Å². The molecule has 0 spiro atoms. The summed E-state index contributed by atoms with van der Waals surface area (Å²) in [6.07, 6.45) is 0.780. The Morgan fingerprint density at radius 2 is 2.17 bits per heavy atom. The minimum Gasteiger partial charge on any atom is -0.339 e. The van der Waals surface area contributed by atoms with Crippen molar-refractivity contribution >= 4 is 23.3 Å². The summed E-state index contributed by atoms with van der Waals surface area (Å²) in [6, 6.07) is 5.17. The lowest BCUT2D eigenvalue weighted by molar-refractivity contribution is 0.219. The number of carbonyl (C=O) groups excluding carboxylic acids is 1. The Morgan fingerprint density at radius 3 is 2.78 bits per heavy atom. The van der Waals surface area contributed by atoms with Gasteiger partial charge in [0.2, 0.25) is 5.89 Å². The molecular formula is C16H21ClN4O2. The van der Waals surface area contributed by atoms with Gasteiger partial charge in [-0.05, 0) is 30.2 Å². The highest BCUT2D eigenvalue weighted by molar-refractivity contribution is 6.30. The number of hydrogen-bond donors (Lipinski definition) is 1. The zero-order chi connectivity index (χ0) is 17.0. The van der Waals surface area contributed by atoms with Crippen LogP contribution in [0.4, 0.5) is 10.5 Å². The van der Waals surface area contributed by atoms with E-state index in [1.807, 2.05) is 26.8 Å². The molecule has 0 aliphatic carbocycles. The fourth-order valence-electron chi connectivity index (χ4n) is 2.04. The van der Waals surface area contributed by atoms with Crippen molar-refractivity contribution in [3.8, 4) is 0 Å². The van der Waals surface area contributed by atoms with Gasteiger partial charge in [-0.2, -0.15) is 4.98 Å². The molecule has 0 radical (unpaired) electrons. The van der Waals surface area contributed by atoms with Crippen molar-refractivity contribution in [2.45, 2.75) is 39.7 Å². The lowest BCUT2D eigenvalue weighted by Crippen LogP contribution is -2.31. The monoisotopic (exact) mass is 336 g/mol. The van der Waals surface area contributed by atoms with Gasteiger partial charge in [0.1, 0.15) is 0 Å². The van der Waals surface area contributed by atoms with Gasteiger partial charge >= 0.3 is 6.03 Å². The summed E-state index contributed by atoms with van der Waals surface area (Å²) < 4.78 is 5.14. The topological polar surface area (TPSA) is 71.3 Å². The van der Waals surface area contributed by atoms with E-state index in [2.05, 4.69) is 15.5 Å². The predicted molar refractivity (Wildman–Crippen MR) is 89.7 cm³/mol. The summed E-state index contributed by atoms with van der Waals surface area (Å²) in [5.74, 6) is 1.22. The molecule has 1 aromatic heterocycles. The Hall–Kier alpha value is -2.08. The molecule has 1 N–H and O–H groups in total. The van der Waals surface area contributed by atoms with Gasteiger partial charge < -0.3 is 14.7 Å². The number of aromatic nitrogens is 2. The largest absolute Gasteiger partial charge is 0.339 e. The maximum absolute atomic E-state index is 12.3. The second-order valence-corrected chi connectivity index (χ2v) is 6.08. The Morgan fingerprint density at radius 1 is 1.43 bits per heavy atom. The quantitative estimate of drug-likeness (QED) is 0.893. The Labute approximate surface area is 140 Å². The zero-order valence-corrected chi connectivity index (χ0v) is 14.5. The smallest absolute Gasteiger partial charge is 0.322 e. The van der Waals surface area contributed by atoms with Gasteiger partial charge in [0.15, 0.2) is 5.82 Å². The summed E-state index contributed by atoms with van der Waals surface area (Å²) in [4.78, 5) is 18.1. The predicted octanol–water partition coefficient (Wildman–Crippen LogP) is 4.07. The number of amides is 2. The molecule has 1 heterocycles. The number of benzene rings is 1. The number of rotatable bonds is 5. The van der Waals surface area contributed by atoms with Gasteiger partial charge in [-0.25, -0.2) is 4.79 Å². The Balaban J connectivity index is 2.02. The molecule has 0 saturated carbocycles. The van der Waals surface area contributed by atoms with Gasteiger partial charge in [0, 0.05) is 23.7 Å². The molecule has 124 valence electrons. The molecule has 0 fully saturated rings. The van der Waals surface area contributed by atoms with Gasteiger partial charge in [-0.1, -0.05) is 37.5 Å². The number of anilines is 1. The van der Waals surface area contributed by atoms with Crippen molar-refractivity contribution in [1.82, 2.24) is 15.0 Å². The van der Waals surface area contributed by atoms with E-state index in [-0.39, 0.29) is 18.5 Å². The van der Waals surface area contributed by atoms with Crippen molar-refractivity contribution in [2.75, 3.05) is 12.4 Å². The first kappa shape index (κ1) is 17.3. The van der Waals surface area contributed by atoms with Crippen LogP contribution in [0.25, 0.3) is 0 Å². The average Bonchev–Trinajstić information content (AvgIpc) is 2.97. The van der Waals surface area contributed by atoms with E-state index in [9.17, 15) is 4.79 Å². The highest BCUT2D eigenvalue weighted by atomic mass is 35.5. The molecule has 1 aromatic carbocycles. The summed E-state index contributed by atoms with van der Waals surface area (Å²) in [7, 11) is 1.68. The molecule has 2 amide bonds. The van der Waals surface area contributed by atoms with Crippen LogP contribution in [0, 0.1) is 0 Å². The summed E-state index contributed by atoms with van der Waals surface area (Å²) in [5.41, 5.74) is 1.74. The second kappa shape index (κ2) is 7.46. The molecule has 0 atom stereocenters. The molecule has 2 rings (SSSR count). The molecule has 0 saturated heterocycles. The fourth-order valence-corrected chi connectivity index (χ4v) is 2.23. The van der Waals surface area contributed by atoms with Crippen LogP contribution in [0.5, 0.6) is 0 Å². The van der Waals surface area contributed by atoms with Crippen molar-refractivity contribution in [1.29, 1.82) is 0 Å². The van der Waals surface area contributed by atoms with Crippen LogP contribution in [0.2, 0.25) is 5.02 Å². The molecule has 2 aromatic rings. The van der Waals surface area contributed by atoms with E-state index in [1.165, 1.54) is 4.90 Å². The van der Waals surface area contributed by atoms with Crippen LogP contribution in [0.15, 0.2) is 22.7 Å². The van der Waals surface area contributed by atoms with E-state index in [4.69, 9.17) is 16.1 Å². The maximum Gasteiger partial charge on any atom is 0.322 e. The van der Waals surface area contributed by atoms with E-state index in [1.54, 1.807) is 19.2 Å². The van der Waals surface area contributed by atoms with Crippen molar-refractivity contribution in [3.05, 3.63) is 40.5 Å². The molecule has 7 heteroatoms. The first-order valence-corrected chi connectivity index (χ1v) is 7.91. The lowest BCUT2D eigenvalue weighted by Gasteiger charge is -2.17. The molecule has 6 nitrogen and oxygen atoms in total.